The molecule has 208 valence electrons. The third-order valence-corrected chi connectivity index (χ3v) is 6.83. The number of hydrogen-bond acceptors (Lipinski definition) is 2. The molecule has 0 aliphatic rings. The highest BCUT2D eigenvalue weighted by atomic mass is 19.1. The van der Waals surface area contributed by atoms with Crippen LogP contribution in [0.25, 0.3) is 0 Å². The van der Waals surface area contributed by atoms with Crippen molar-refractivity contribution in [3.63, 3.8) is 0 Å². The van der Waals surface area contributed by atoms with E-state index in [1.165, 1.54) is 35.2 Å². The molecule has 0 aliphatic heterocycles. The van der Waals surface area contributed by atoms with Gasteiger partial charge in [0.05, 0.1) is 6.54 Å². The molecule has 7 heteroatoms. The lowest BCUT2D eigenvalue weighted by molar-refractivity contribution is -0.133. The summed E-state index contributed by atoms with van der Waals surface area (Å²) < 4.78 is 29.3. The van der Waals surface area contributed by atoms with E-state index in [-0.39, 0.29) is 29.7 Å². The molecule has 0 bridgehead atoms. The second kappa shape index (κ2) is 14.2. The summed E-state index contributed by atoms with van der Waals surface area (Å²) >= 11 is 0. The van der Waals surface area contributed by atoms with E-state index in [1.54, 1.807) is 23.1 Å². The fourth-order valence-electron chi connectivity index (χ4n) is 4.64. The molecule has 0 atom stereocenters. The van der Waals surface area contributed by atoms with Crippen LogP contribution in [0.1, 0.15) is 53.4 Å². The van der Waals surface area contributed by atoms with Gasteiger partial charge in [0.2, 0.25) is 5.91 Å². The number of carbonyl (C=O) groups excluding carboxylic acids is 2. The highest BCUT2D eigenvalue weighted by Crippen LogP contribution is 2.16. The Balaban J connectivity index is 1.56. The van der Waals surface area contributed by atoms with Gasteiger partial charge in [0.15, 0.2) is 0 Å². The van der Waals surface area contributed by atoms with Crippen molar-refractivity contribution in [2.75, 3.05) is 13.1 Å². The van der Waals surface area contributed by atoms with Crippen LogP contribution in [0.3, 0.4) is 0 Å². The number of rotatable bonds is 13. The van der Waals surface area contributed by atoms with Crippen LogP contribution in [0.2, 0.25) is 0 Å². The second-order valence-corrected chi connectivity index (χ2v) is 9.93. The Morgan fingerprint density at radius 3 is 2.25 bits per heavy atom. The van der Waals surface area contributed by atoms with Gasteiger partial charge >= 0.3 is 0 Å². The van der Waals surface area contributed by atoms with Crippen LogP contribution in [0.4, 0.5) is 8.78 Å². The average Bonchev–Trinajstić information content (AvgIpc) is 3.39. The molecule has 1 heterocycles. The van der Waals surface area contributed by atoms with Gasteiger partial charge in [-0.1, -0.05) is 68.3 Å². The highest BCUT2D eigenvalue weighted by molar-refractivity contribution is 5.96. The fourth-order valence-corrected chi connectivity index (χ4v) is 4.64. The van der Waals surface area contributed by atoms with E-state index < -0.39 is 5.82 Å². The third-order valence-electron chi connectivity index (χ3n) is 6.83. The highest BCUT2D eigenvalue weighted by Gasteiger charge is 2.23. The van der Waals surface area contributed by atoms with Crippen molar-refractivity contribution in [1.29, 1.82) is 0 Å². The zero-order chi connectivity index (χ0) is 28.3. The molecule has 4 rings (SSSR count). The number of halogens is 2. The molecule has 4 aromatic rings. The van der Waals surface area contributed by atoms with Crippen molar-refractivity contribution in [3.05, 3.63) is 131 Å². The molecule has 0 fully saturated rings. The molecule has 0 saturated heterocycles. The van der Waals surface area contributed by atoms with E-state index in [4.69, 9.17) is 0 Å². The summed E-state index contributed by atoms with van der Waals surface area (Å²) in [5.74, 6) is -1.33. The summed E-state index contributed by atoms with van der Waals surface area (Å²) in [5, 5.41) is 0. The van der Waals surface area contributed by atoms with Gasteiger partial charge in [-0.05, 0) is 60.0 Å². The van der Waals surface area contributed by atoms with Gasteiger partial charge in [0.1, 0.15) is 18.2 Å². The van der Waals surface area contributed by atoms with Gasteiger partial charge < -0.3 is 14.4 Å². The molecular weight excluding hydrogens is 508 g/mol. The van der Waals surface area contributed by atoms with Crippen molar-refractivity contribution in [3.8, 4) is 0 Å². The number of nitrogens with zero attached hydrogens (tertiary/aromatic N) is 3. The zero-order valence-electron chi connectivity index (χ0n) is 22.8. The zero-order valence-corrected chi connectivity index (χ0v) is 22.8. The number of unbranched alkanes of at least 4 members (excludes halogenated alkanes) is 2. The summed E-state index contributed by atoms with van der Waals surface area (Å²) in [6.45, 7) is 3.63. The molecule has 0 saturated carbocycles. The van der Waals surface area contributed by atoms with Crippen LogP contribution in [-0.4, -0.2) is 39.3 Å². The molecule has 0 spiro atoms. The van der Waals surface area contributed by atoms with Gasteiger partial charge in [-0.25, -0.2) is 8.78 Å². The molecule has 40 heavy (non-hydrogen) atoms. The van der Waals surface area contributed by atoms with E-state index in [2.05, 4.69) is 6.92 Å². The largest absolute Gasteiger partial charge is 0.345 e. The molecule has 2 amide bonds. The number of carbonyl (C=O) groups is 2. The first kappa shape index (κ1) is 28.7. The lowest BCUT2D eigenvalue weighted by Gasteiger charge is -2.28. The lowest BCUT2D eigenvalue weighted by Crippen LogP contribution is -2.43. The molecule has 1 aromatic heterocycles. The maximum atomic E-state index is 13.9. The minimum Gasteiger partial charge on any atom is -0.345 e. The summed E-state index contributed by atoms with van der Waals surface area (Å²) in [7, 11) is 0. The Bertz CT molecular complexity index is 1390. The number of hydrogen-bond donors (Lipinski definition) is 0. The average molecular weight is 544 g/mol. The van der Waals surface area contributed by atoms with Gasteiger partial charge in [0.25, 0.3) is 5.91 Å². The Labute approximate surface area is 234 Å². The Hall–Kier alpha value is -4.26. The van der Waals surface area contributed by atoms with Gasteiger partial charge in [-0.15, -0.1) is 0 Å². The quantitative estimate of drug-likeness (QED) is 0.177. The summed E-state index contributed by atoms with van der Waals surface area (Å²) in [4.78, 5) is 30.5. The molecule has 0 aliphatic carbocycles. The minimum atomic E-state index is -0.488. The van der Waals surface area contributed by atoms with E-state index in [0.717, 1.165) is 36.1 Å². The number of benzene rings is 3. The van der Waals surface area contributed by atoms with Crippen molar-refractivity contribution in [2.24, 2.45) is 0 Å². The van der Waals surface area contributed by atoms with Crippen molar-refractivity contribution in [1.82, 2.24) is 14.4 Å². The number of aromatic nitrogens is 1. The molecule has 5 nitrogen and oxygen atoms in total. The molecule has 0 N–H and O–H groups in total. The molecular formula is C33H35F2N3O2. The van der Waals surface area contributed by atoms with Crippen molar-refractivity contribution < 1.29 is 18.4 Å². The first-order chi connectivity index (χ1) is 19.4. The van der Waals surface area contributed by atoms with E-state index in [9.17, 15) is 18.4 Å². The van der Waals surface area contributed by atoms with Crippen LogP contribution in [0, 0.1) is 11.6 Å². The monoisotopic (exact) mass is 543 g/mol. The van der Waals surface area contributed by atoms with Crippen LogP contribution in [-0.2, 0) is 24.4 Å². The van der Waals surface area contributed by atoms with Crippen LogP contribution in [0.15, 0.2) is 97.2 Å². The topological polar surface area (TPSA) is 45.6 Å². The minimum absolute atomic E-state index is 0.107. The molecule has 3 aromatic carbocycles. The summed E-state index contributed by atoms with van der Waals surface area (Å²) in [6, 6.07) is 25.6. The Morgan fingerprint density at radius 2 is 1.52 bits per heavy atom. The van der Waals surface area contributed by atoms with Gasteiger partial charge in [0, 0.05) is 37.1 Å². The SMILES string of the molecule is CCCCCN(CC(=O)N(Cc1ccccc1)Cc1cccn1Cc1ccc(F)cc1)C(=O)c1cccc(F)c1. The predicted octanol–water partition coefficient (Wildman–Crippen LogP) is 6.68. The maximum absolute atomic E-state index is 13.9. The third kappa shape index (κ3) is 8.12. The summed E-state index contributed by atoms with van der Waals surface area (Å²) in [5.41, 5.74) is 3.07. The Morgan fingerprint density at radius 1 is 0.750 bits per heavy atom. The van der Waals surface area contributed by atoms with Crippen LogP contribution < -0.4 is 0 Å². The van der Waals surface area contributed by atoms with Crippen molar-refractivity contribution in [2.45, 2.75) is 45.8 Å². The Kier molecular flexibility index (Phi) is 10.2. The first-order valence-electron chi connectivity index (χ1n) is 13.7. The van der Waals surface area contributed by atoms with E-state index in [0.29, 0.717) is 26.2 Å². The van der Waals surface area contributed by atoms with E-state index >= 15 is 0 Å². The van der Waals surface area contributed by atoms with Gasteiger partial charge in [-0.3, -0.25) is 9.59 Å². The number of amides is 2. The van der Waals surface area contributed by atoms with Crippen LogP contribution in [0.5, 0.6) is 0 Å². The van der Waals surface area contributed by atoms with Crippen LogP contribution >= 0.6 is 0 Å². The lowest BCUT2D eigenvalue weighted by atomic mass is 10.1. The smallest absolute Gasteiger partial charge is 0.254 e. The summed E-state index contributed by atoms with van der Waals surface area (Å²) in [6.07, 6.45) is 4.59. The first-order valence-corrected chi connectivity index (χ1v) is 13.7. The van der Waals surface area contributed by atoms with Crippen molar-refractivity contribution >= 4 is 11.8 Å². The maximum Gasteiger partial charge on any atom is 0.254 e. The standard InChI is InChI=1S/C33H35F2N3O2/c1-2-3-7-19-37(33(40)28-12-8-13-30(35)21-28)25-32(39)38(23-26-10-5-4-6-11-26)24-31-14-9-20-36(31)22-27-15-17-29(34)18-16-27/h4-6,8-18,20-21H,2-3,7,19,22-25H2,1H3. The van der Waals surface area contributed by atoms with Gasteiger partial charge in [-0.2, -0.15) is 0 Å². The normalized spacial score (nSPS) is 10.9. The molecule has 0 unspecified atom stereocenters. The predicted molar refractivity (Wildman–Crippen MR) is 152 cm³/mol. The molecule has 0 radical (unpaired) electrons. The van der Waals surface area contributed by atoms with E-state index in [1.807, 2.05) is 53.2 Å². The fraction of sp³-hybridized carbons (Fsp3) is 0.273. The second-order valence-electron chi connectivity index (χ2n) is 9.93.